The second-order valence-electron chi connectivity index (χ2n) is 14.8. The maximum Gasteiger partial charge on any atom is 0.0543 e. The minimum absolute atomic E-state index is 1.10. The zero-order chi connectivity index (χ0) is 36.5. The molecule has 0 aliphatic carbocycles. The molecule has 0 radical (unpaired) electrons. The van der Waals surface area contributed by atoms with Crippen LogP contribution in [0.5, 0.6) is 0 Å². The summed E-state index contributed by atoms with van der Waals surface area (Å²) in [6.07, 6.45) is 3.49. The summed E-state index contributed by atoms with van der Waals surface area (Å²) in [7, 11) is 0. The number of aryl methyl sites for hydroxylation is 1. The lowest BCUT2D eigenvalue weighted by Crippen LogP contribution is -1.96. The Labute approximate surface area is 319 Å². The average molecular weight is 706 g/mol. The Morgan fingerprint density at radius 3 is 1.36 bits per heavy atom. The van der Waals surface area contributed by atoms with E-state index in [0.29, 0.717) is 0 Å². The van der Waals surface area contributed by atoms with E-state index >= 15 is 0 Å². The maximum absolute atomic E-state index is 2.45. The lowest BCUT2D eigenvalue weighted by Gasteiger charge is -2.11. The second-order valence-corrected chi connectivity index (χ2v) is 14.8. The predicted molar refractivity (Wildman–Crippen MR) is 234 cm³/mol. The molecule has 3 aromatic heterocycles. The highest BCUT2D eigenvalue weighted by atomic mass is 15.0. The summed E-state index contributed by atoms with van der Waals surface area (Å²) >= 11 is 0. The van der Waals surface area contributed by atoms with Crippen LogP contribution in [-0.4, -0.2) is 13.7 Å². The molecule has 55 heavy (non-hydrogen) atoms. The Kier molecular flexibility index (Phi) is 7.28. The maximum atomic E-state index is 2.45. The predicted octanol–water partition coefficient (Wildman–Crippen LogP) is 14.0. The standard InChI is InChI=1S/C52H39N3/c1-2-3-14-35-23-27-43-46-34-40(26-30-51(46)54(52(43)31-35)39-17-8-5-9-18-39)55-48-22-13-11-20-42(48)45-33-37(25-29-50(45)55)36-24-28-49-44(32-36)41-19-10-12-21-47(41)53(49)38-15-6-4-7-16-38/h4-13,15-34H,2-3,14H2,1H3. The third kappa shape index (κ3) is 4.97. The Bertz CT molecular complexity index is 3230. The van der Waals surface area contributed by atoms with Gasteiger partial charge in [0, 0.05) is 49.4 Å². The van der Waals surface area contributed by atoms with Crippen LogP contribution in [0.1, 0.15) is 25.3 Å². The van der Waals surface area contributed by atoms with Crippen LogP contribution in [-0.2, 0) is 6.42 Å². The van der Waals surface area contributed by atoms with E-state index in [2.05, 4.69) is 203 Å². The Hall–Kier alpha value is -6.84. The first-order chi connectivity index (χ1) is 27.2. The van der Waals surface area contributed by atoms with E-state index in [0.717, 1.165) is 6.42 Å². The zero-order valence-corrected chi connectivity index (χ0v) is 30.8. The lowest BCUT2D eigenvalue weighted by atomic mass is 10.0. The molecule has 11 rings (SSSR count). The molecule has 3 heterocycles. The lowest BCUT2D eigenvalue weighted by molar-refractivity contribution is 0.795. The van der Waals surface area contributed by atoms with E-state index in [9.17, 15) is 0 Å². The third-order valence-corrected chi connectivity index (χ3v) is 11.6. The van der Waals surface area contributed by atoms with Gasteiger partial charge in [0.25, 0.3) is 0 Å². The van der Waals surface area contributed by atoms with Crippen molar-refractivity contribution in [2.24, 2.45) is 0 Å². The third-order valence-electron chi connectivity index (χ3n) is 11.6. The Morgan fingerprint density at radius 2 is 0.782 bits per heavy atom. The van der Waals surface area contributed by atoms with Gasteiger partial charge in [-0.3, -0.25) is 0 Å². The van der Waals surface area contributed by atoms with Crippen molar-refractivity contribution in [3.8, 4) is 28.2 Å². The first-order valence-corrected chi connectivity index (χ1v) is 19.5. The molecule has 0 amide bonds. The van der Waals surface area contributed by atoms with E-state index in [1.165, 1.54) is 112 Å². The van der Waals surface area contributed by atoms with Crippen LogP contribution in [0.15, 0.2) is 182 Å². The molecule has 0 aliphatic heterocycles. The van der Waals surface area contributed by atoms with Gasteiger partial charge < -0.3 is 13.7 Å². The molecule has 11 aromatic rings. The smallest absolute Gasteiger partial charge is 0.0543 e. The van der Waals surface area contributed by atoms with Crippen molar-refractivity contribution in [1.82, 2.24) is 13.7 Å². The molecule has 8 aromatic carbocycles. The molecule has 0 N–H and O–H groups in total. The van der Waals surface area contributed by atoms with Crippen molar-refractivity contribution >= 4 is 65.4 Å². The molecule has 0 atom stereocenters. The Morgan fingerprint density at radius 1 is 0.327 bits per heavy atom. The number of para-hydroxylation sites is 4. The van der Waals surface area contributed by atoms with Crippen LogP contribution in [0.25, 0.3) is 93.6 Å². The van der Waals surface area contributed by atoms with Gasteiger partial charge in [-0.05, 0) is 114 Å². The largest absolute Gasteiger partial charge is 0.309 e. The van der Waals surface area contributed by atoms with Crippen molar-refractivity contribution in [3.05, 3.63) is 188 Å². The molecule has 3 heteroatoms. The van der Waals surface area contributed by atoms with Gasteiger partial charge in [-0.1, -0.05) is 110 Å². The van der Waals surface area contributed by atoms with Gasteiger partial charge in [0.05, 0.1) is 33.1 Å². The van der Waals surface area contributed by atoms with Crippen LogP contribution in [0.3, 0.4) is 0 Å². The van der Waals surface area contributed by atoms with Gasteiger partial charge in [0.1, 0.15) is 0 Å². The summed E-state index contributed by atoms with van der Waals surface area (Å²) in [5, 5.41) is 7.60. The monoisotopic (exact) mass is 705 g/mol. The molecular weight excluding hydrogens is 667 g/mol. The van der Waals surface area contributed by atoms with Crippen molar-refractivity contribution < 1.29 is 0 Å². The van der Waals surface area contributed by atoms with Crippen LogP contribution in [0, 0.1) is 0 Å². The molecule has 0 saturated heterocycles. The van der Waals surface area contributed by atoms with Crippen LogP contribution in [0.4, 0.5) is 0 Å². The highest BCUT2D eigenvalue weighted by molar-refractivity contribution is 6.14. The van der Waals surface area contributed by atoms with Crippen LogP contribution >= 0.6 is 0 Å². The van der Waals surface area contributed by atoms with Gasteiger partial charge >= 0.3 is 0 Å². The number of unbranched alkanes of at least 4 members (excludes halogenated alkanes) is 1. The Balaban J connectivity index is 1.08. The number of benzene rings is 8. The van der Waals surface area contributed by atoms with E-state index in [4.69, 9.17) is 0 Å². The molecule has 0 spiro atoms. The molecular formula is C52H39N3. The average Bonchev–Trinajstić information content (AvgIpc) is 3.88. The van der Waals surface area contributed by atoms with Crippen LogP contribution < -0.4 is 0 Å². The van der Waals surface area contributed by atoms with Crippen molar-refractivity contribution in [2.75, 3.05) is 0 Å². The first-order valence-electron chi connectivity index (χ1n) is 19.5. The normalized spacial score (nSPS) is 11.9. The zero-order valence-electron chi connectivity index (χ0n) is 30.8. The molecule has 3 nitrogen and oxygen atoms in total. The number of fused-ring (bicyclic) bond motifs is 9. The van der Waals surface area contributed by atoms with E-state index in [1.54, 1.807) is 0 Å². The molecule has 0 aliphatic rings. The molecule has 0 bridgehead atoms. The summed E-state index contributed by atoms with van der Waals surface area (Å²) in [4.78, 5) is 0. The fourth-order valence-corrected chi connectivity index (χ4v) is 9.02. The highest BCUT2D eigenvalue weighted by Crippen LogP contribution is 2.40. The van der Waals surface area contributed by atoms with E-state index < -0.39 is 0 Å². The number of aromatic nitrogens is 3. The summed E-state index contributed by atoms with van der Waals surface area (Å²) < 4.78 is 7.27. The van der Waals surface area contributed by atoms with E-state index in [-0.39, 0.29) is 0 Å². The van der Waals surface area contributed by atoms with Gasteiger partial charge in [0.2, 0.25) is 0 Å². The second kappa shape index (κ2) is 12.6. The molecule has 0 fully saturated rings. The van der Waals surface area contributed by atoms with Crippen molar-refractivity contribution in [2.45, 2.75) is 26.2 Å². The topological polar surface area (TPSA) is 14.8 Å². The molecule has 0 unspecified atom stereocenters. The highest BCUT2D eigenvalue weighted by Gasteiger charge is 2.18. The van der Waals surface area contributed by atoms with Gasteiger partial charge in [-0.15, -0.1) is 0 Å². The summed E-state index contributed by atoms with van der Waals surface area (Å²) in [6, 6.07) is 67.2. The minimum Gasteiger partial charge on any atom is -0.309 e. The number of hydrogen-bond acceptors (Lipinski definition) is 0. The van der Waals surface area contributed by atoms with Crippen molar-refractivity contribution in [1.29, 1.82) is 0 Å². The van der Waals surface area contributed by atoms with Crippen LogP contribution in [0.2, 0.25) is 0 Å². The fraction of sp³-hybridized carbons (Fsp3) is 0.0769. The van der Waals surface area contributed by atoms with Gasteiger partial charge in [-0.25, -0.2) is 0 Å². The number of hydrogen-bond donors (Lipinski definition) is 0. The summed E-state index contributed by atoms with van der Waals surface area (Å²) in [5.41, 5.74) is 14.7. The molecule has 262 valence electrons. The first kappa shape index (κ1) is 31.7. The van der Waals surface area contributed by atoms with Gasteiger partial charge in [-0.2, -0.15) is 0 Å². The summed E-state index contributed by atoms with van der Waals surface area (Å²) in [6.45, 7) is 2.27. The quantitative estimate of drug-likeness (QED) is 0.157. The van der Waals surface area contributed by atoms with Crippen molar-refractivity contribution in [3.63, 3.8) is 0 Å². The molecule has 0 saturated carbocycles. The number of nitrogens with zero attached hydrogens (tertiary/aromatic N) is 3. The van der Waals surface area contributed by atoms with E-state index in [1.807, 2.05) is 0 Å². The van der Waals surface area contributed by atoms with Gasteiger partial charge in [0.15, 0.2) is 0 Å². The number of rotatable bonds is 7. The SMILES string of the molecule is CCCCc1ccc2c3cc(-n4c5ccccc5c5cc(-c6ccc7c(c6)c6ccccc6n7-c6ccccc6)ccc54)ccc3n(-c3ccccc3)c2c1. The summed E-state index contributed by atoms with van der Waals surface area (Å²) in [5.74, 6) is 0. The fourth-order valence-electron chi connectivity index (χ4n) is 9.02. The minimum atomic E-state index is 1.10.